The molecule has 1 aromatic rings. The number of pyridine rings is 1. The van der Waals surface area contributed by atoms with Crippen LogP contribution in [-0.2, 0) is 4.79 Å². The maximum Gasteiger partial charge on any atom is 0.248 e. The number of carbonyl (C=O) groups excluding carboxylic acids is 1. The molecule has 0 aliphatic carbocycles. The molecule has 1 amide bonds. The van der Waals surface area contributed by atoms with Crippen molar-refractivity contribution < 1.29 is 9.53 Å². The van der Waals surface area contributed by atoms with E-state index in [9.17, 15) is 4.79 Å². The van der Waals surface area contributed by atoms with Gasteiger partial charge in [0, 0.05) is 13.2 Å². The summed E-state index contributed by atoms with van der Waals surface area (Å²) >= 11 is 0. The van der Waals surface area contributed by atoms with Gasteiger partial charge in [0.05, 0.1) is 0 Å². The summed E-state index contributed by atoms with van der Waals surface area (Å²) in [5.74, 6) is 1.17. The topological polar surface area (TPSA) is 54.5 Å². The molecule has 2 atom stereocenters. The maximum atomic E-state index is 12.1. The van der Waals surface area contributed by atoms with Gasteiger partial charge in [-0.3, -0.25) is 9.69 Å². The number of nitrogens with one attached hydrogen (secondary N) is 1. The van der Waals surface area contributed by atoms with Gasteiger partial charge in [0.15, 0.2) is 11.6 Å². The highest BCUT2D eigenvalue weighted by atomic mass is 16.5. The van der Waals surface area contributed by atoms with E-state index in [2.05, 4.69) is 10.3 Å². The first-order valence-electron chi connectivity index (χ1n) is 5.21. The summed E-state index contributed by atoms with van der Waals surface area (Å²) in [4.78, 5) is 17.8. The third-order valence-corrected chi connectivity index (χ3v) is 2.76. The fraction of sp³-hybridized carbons (Fsp3) is 0.455. The lowest BCUT2D eigenvalue weighted by Gasteiger charge is -2.21. The Morgan fingerprint density at radius 1 is 1.56 bits per heavy atom. The van der Waals surface area contributed by atoms with E-state index >= 15 is 0 Å². The summed E-state index contributed by atoms with van der Waals surface area (Å²) in [6.45, 7) is 1.87. The second-order valence-corrected chi connectivity index (χ2v) is 3.81. The number of hydrogen-bond donors (Lipinski definition) is 1. The molecule has 0 radical (unpaired) electrons. The average Bonchev–Trinajstić information content (AvgIpc) is 2.37. The van der Waals surface area contributed by atoms with Crippen LogP contribution in [0, 0.1) is 0 Å². The van der Waals surface area contributed by atoms with Crippen LogP contribution in [0.1, 0.15) is 6.92 Å². The molecule has 2 rings (SSSR count). The van der Waals surface area contributed by atoms with E-state index in [0.717, 1.165) is 0 Å². The lowest BCUT2D eigenvalue weighted by molar-refractivity contribution is -0.121. The van der Waals surface area contributed by atoms with Crippen LogP contribution in [-0.4, -0.2) is 37.1 Å². The van der Waals surface area contributed by atoms with Gasteiger partial charge < -0.3 is 10.1 Å². The largest absolute Gasteiger partial charge is 0.485 e. The molecule has 1 aliphatic rings. The van der Waals surface area contributed by atoms with Crippen molar-refractivity contribution in [2.75, 3.05) is 19.0 Å². The van der Waals surface area contributed by atoms with Crippen LogP contribution in [0.15, 0.2) is 18.3 Å². The Morgan fingerprint density at radius 3 is 3.00 bits per heavy atom. The summed E-state index contributed by atoms with van der Waals surface area (Å²) in [5, 5.41) is 2.96. The lowest BCUT2D eigenvalue weighted by Crippen LogP contribution is -2.49. The maximum absolute atomic E-state index is 12.1. The molecule has 0 saturated carbocycles. The molecular formula is C11H15N3O2. The summed E-state index contributed by atoms with van der Waals surface area (Å²) in [6, 6.07) is 3.27. The molecule has 5 heteroatoms. The van der Waals surface area contributed by atoms with Crippen molar-refractivity contribution in [3.8, 4) is 5.75 Å². The predicted molar refractivity (Wildman–Crippen MR) is 60.6 cm³/mol. The van der Waals surface area contributed by atoms with Crippen LogP contribution in [0.25, 0.3) is 0 Å². The molecule has 0 fully saturated rings. The van der Waals surface area contributed by atoms with Crippen molar-refractivity contribution in [2.24, 2.45) is 0 Å². The van der Waals surface area contributed by atoms with Gasteiger partial charge in [-0.1, -0.05) is 0 Å². The third-order valence-electron chi connectivity index (χ3n) is 2.76. The zero-order chi connectivity index (χ0) is 11.7. The second-order valence-electron chi connectivity index (χ2n) is 3.81. The molecule has 86 valence electrons. The Balaban J connectivity index is 2.45. The third kappa shape index (κ3) is 1.63. The Bertz CT molecular complexity index is 408. The first-order chi connectivity index (χ1) is 7.65. The highest BCUT2D eigenvalue weighted by Gasteiger charge is 2.33. The summed E-state index contributed by atoms with van der Waals surface area (Å²) in [7, 11) is 3.46. The quantitative estimate of drug-likeness (QED) is 0.746. The monoisotopic (exact) mass is 221 g/mol. The molecule has 16 heavy (non-hydrogen) atoms. The molecule has 0 saturated heterocycles. The SMILES string of the molecule is CNC1C(=O)N(C)c2ncccc2OC1C. The van der Waals surface area contributed by atoms with Crippen molar-refractivity contribution in [2.45, 2.75) is 19.1 Å². The van der Waals surface area contributed by atoms with Crippen molar-refractivity contribution in [1.82, 2.24) is 10.3 Å². The van der Waals surface area contributed by atoms with Gasteiger partial charge in [0.2, 0.25) is 5.91 Å². The van der Waals surface area contributed by atoms with Crippen molar-refractivity contribution >= 4 is 11.7 Å². The van der Waals surface area contributed by atoms with E-state index in [1.165, 1.54) is 4.90 Å². The number of rotatable bonds is 1. The van der Waals surface area contributed by atoms with E-state index in [4.69, 9.17) is 4.74 Å². The average molecular weight is 221 g/mol. The highest BCUT2D eigenvalue weighted by molar-refractivity contribution is 5.98. The van der Waals surface area contributed by atoms with Gasteiger partial charge in [-0.05, 0) is 26.1 Å². The Hall–Kier alpha value is -1.62. The van der Waals surface area contributed by atoms with Crippen molar-refractivity contribution in [1.29, 1.82) is 0 Å². The number of hydrogen-bond acceptors (Lipinski definition) is 4. The van der Waals surface area contributed by atoms with Gasteiger partial charge in [-0.25, -0.2) is 4.98 Å². The molecule has 1 N–H and O–H groups in total. The number of ether oxygens (including phenoxy) is 1. The van der Waals surface area contributed by atoms with Crippen molar-refractivity contribution in [3.63, 3.8) is 0 Å². The minimum absolute atomic E-state index is 0.0348. The molecular weight excluding hydrogens is 206 g/mol. The standard InChI is InChI=1S/C11H15N3O2/c1-7-9(12-2)11(15)14(3)10-8(16-7)5-4-6-13-10/h4-7,9,12H,1-3H3. The minimum Gasteiger partial charge on any atom is -0.485 e. The van der Waals surface area contributed by atoms with E-state index in [-0.39, 0.29) is 18.1 Å². The molecule has 5 nitrogen and oxygen atoms in total. The van der Waals surface area contributed by atoms with E-state index in [1.54, 1.807) is 26.4 Å². The summed E-state index contributed by atoms with van der Waals surface area (Å²) in [5.41, 5.74) is 0. The van der Waals surface area contributed by atoms with Gasteiger partial charge in [-0.2, -0.15) is 0 Å². The second kappa shape index (κ2) is 4.09. The Kier molecular flexibility index (Phi) is 2.78. The molecule has 0 aromatic carbocycles. The van der Waals surface area contributed by atoms with E-state index < -0.39 is 0 Å². The molecule has 1 aromatic heterocycles. The van der Waals surface area contributed by atoms with Gasteiger partial charge >= 0.3 is 0 Å². The molecule has 2 unspecified atom stereocenters. The zero-order valence-electron chi connectivity index (χ0n) is 9.60. The highest BCUT2D eigenvalue weighted by Crippen LogP contribution is 2.29. The van der Waals surface area contributed by atoms with Crippen LogP contribution in [0.4, 0.5) is 5.82 Å². The van der Waals surface area contributed by atoms with Gasteiger partial charge in [0.25, 0.3) is 0 Å². The van der Waals surface area contributed by atoms with Crippen LogP contribution < -0.4 is 15.0 Å². The number of nitrogens with zero attached hydrogens (tertiary/aromatic N) is 2. The smallest absolute Gasteiger partial charge is 0.248 e. The number of amides is 1. The minimum atomic E-state index is -0.348. The van der Waals surface area contributed by atoms with Crippen LogP contribution >= 0.6 is 0 Å². The first kappa shape index (κ1) is 10.9. The Labute approximate surface area is 94.4 Å². The molecule has 2 heterocycles. The van der Waals surface area contributed by atoms with Crippen molar-refractivity contribution in [3.05, 3.63) is 18.3 Å². The number of likely N-dealkylation sites (N-methyl/N-ethyl adjacent to an activating group) is 2. The Morgan fingerprint density at radius 2 is 2.31 bits per heavy atom. The lowest BCUT2D eigenvalue weighted by atomic mass is 10.1. The van der Waals surface area contributed by atoms with Crippen LogP contribution in [0.5, 0.6) is 5.75 Å². The summed E-state index contributed by atoms with van der Waals surface area (Å²) in [6.07, 6.45) is 1.43. The normalized spacial score (nSPS) is 24.7. The summed E-state index contributed by atoms with van der Waals surface area (Å²) < 4.78 is 5.71. The van der Waals surface area contributed by atoms with Gasteiger partial charge in [0.1, 0.15) is 12.1 Å². The molecule has 0 spiro atoms. The fourth-order valence-corrected chi connectivity index (χ4v) is 1.87. The number of anilines is 1. The molecule has 0 bridgehead atoms. The zero-order valence-corrected chi connectivity index (χ0v) is 9.60. The first-order valence-corrected chi connectivity index (χ1v) is 5.21. The fourth-order valence-electron chi connectivity index (χ4n) is 1.87. The number of fused-ring (bicyclic) bond motifs is 1. The predicted octanol–water partition coefficient (Wildman–Crippen LogP) is 0.413. The van der Waals surface area contributed by atoms with Crippen LogP contribution in [0.2, 0.25) is 0 Å². The molecule has 1 aliphatic heterocycles. The van der Waals surface area contributed by atoms with E-state index in [1.807, 2.05) is 13.0 Å². The van der Waals surface area contributed by atoms with Crippen LogP contribution in [0.3, 0.4) is 0 Å². The number of aromatic nitrogens is 1. The van der Waals surface area contributed by atoms with Gasteiger partial charge in [-0.15, -0.1) is 0 Å². The number of carbonyl (C=O) groups is 1. The van der Waals surface area contributed by atoms with E-state index in [0.29, 0.717) is 11.6 Å².